The number of carbonyl (C=O) groups excluding carboxylic acids is 1. The molecule has 0 bridgehead atoms. The molecule has 0 saturated carbocycles. The molecule has 1 aliphatic rings. The molecule has 2 aromatic rings. The Labute approximate surface area is 141 Å². The molecule has 0 aliphatic carbocycles. The van der Waals surface area contributed by atoms with Gasteiger partial charge >= 0.3 is 0 Å². The summed E-state index contributed by atoms with van der Waals surface area (Å²) in [6.45, 7) is 3.46. The smallest absolute Gasteiger partial charge is 0.253 e. The summed E-state index contributed by atoms with van der Waals surface area (Å²) >= 11 is 6.28. The summed E-state index contributed by atoms with van der Waals surface area (Å²) in [5.41, 5.74) is 1.77. The van der Waals surface area contributed by atoms with Crippen LogP contribution in [0.15, 0.2) is 42.6 Å². The third-order valence-electron chi connectivity index (χ3n) is 4.23. The fourth-order valence-electron chi connectivity index (χ4n) is 2.82. The molecule has 1 saturated heterocycles. The Kier molecular flexibility index (Phi) is 4.82. The number of hydrogen-bond donors (Lipinski definition) is 1. The lowest BCUT2D eigenvalue weighted by molar-refractivity contribution is 0.0718. The van der Waals surface area contributed by atoms with Crippen molar-refractivity contribution in [1.82, 2.24) is 9.88 Å². The predicted octanol–water partition coefficient (Wildman–Crippen LogP) is 3.76. The number of nitrogens with one attached hydrogen (secondary N) is 1. The fourth-order valence-corrected chi connectivity index (χ4v) is 2.99. The lowest BCUT2D eigenvalue weighted by atomic mass is 10.0. The Morgan fingerprint density at radius 3 is 2.61 bits per heavy atom. The number of rotatable bonds is 3. The van der Waals surface area contributed by atoms with E-state index in [0.29, 0.717) is 11.1 Å². The molecule has 23 heavy (non-hydrogen) atoms. The number of nitrogens with zero attached hydrogens (tertiary/aromatic N) is 2. The molecule has 0 radical (unpaired) electrons. The summed E-state index contributed by atoms with van der Waals surface area (Å²) in [6.07, 6.45) is 3.55. The minimum absolute atomic E-state index is 0.107. The van der Waals surface area contributed by atoms with Crippen molar-refractivity contribution in [1.29, 1.82) is 0 Å². The Bertz CT molecular complexity index is 682. The first-order valence-electron chi connectivity index (χ1n) is 7.87. The van der Waals surface area contributed by atoms with Crippen molar-refractivity contribution in [2.45, 2.75) is 25.8 Å². The molecule has 0 unspecified atom stereocenters. The van der Waals surface area contributed by atoms with E-state index in [1.165, 1.54) is 0 Å². The fraction of sp³-hybridized carbons (Fsp3) is 0.333. The molecular formula is C18H20ClN3O. The number of aryl methyl sites for hydroxylation is 1. The number of likely N-dealkylation sites (tertiary alicyclic amines) is 1. The molecule has 1 N–H and O–H groups in total. The minimum Gasteiger partial charge on any atom is -0.366 e. The maximum absolute atomic E-state index is 12.4. The summed E-state index contributed by atoms with van der Waals surface area (Å²) in [5.74, 6) is 0.843. The molecule has 3 rings (SSSR count). The summed E-state index contributed by atoms with van der Waals surface area (Å²) in [7, 11) is 0. The number of benzene rings is 1. The highest BCUT2D eigenvalue weighted by Gasteiger charge is 2.24. The number of amides is 1. The number of piperidine rings is 1. The highest BCUT2D eigenvalue weighted by atomic mass is 35.5. The van der Waals surface area contributed by atoms with Crippen LogP contribution >= 0.6 is 11.6 Å². The number of halogens is 1. The molecule has 5 heteroatoms. The Balaban J connectivity index is 1.58. The third-order valence-corrected chi connectivity index (χ3v) is 4.70. The molecule has 1 fully saturated rings. The van der Waals surface area contributed by atoms with Crippen molar-refractivity contribution in [2.75, 3.05) is 18.4 Å². The van der Waals surface area contributed by atoms with E-state index < -0.39 is 0 Å². The van der Waals surface area contributed by atoms with E-state index in [-0.39, 0.29) is 5.91 Å². The van der Waals surface area contributed by atoms with E-state index >= 15 is 0 Å². The van der Waals surface area contributed by atoms with E-state index in [0.717, 1.165) is 42.9 Å². The number of aromatic nitrogens is 1. The van der Waals surface area contributed by atoms with Gasteiger partial charge in [-0.15, -0.1) is 0 Å². The second-order valence-electron chi connectivity index (χ2n) is 5.87. The minimum atomic E-state index is 0.107. The van der Waals surface area contributed by atoms with Crippen LogP contribution in [0.2, 0.25) is 5.02 Å². The maximum Gasteiger partial charge on any atom is 0.253 e. The van der Waals surface area contributed by atoms with E-state index in [1.807, 2.05) is 48.2 Å². The van der Waals surface area contributed by atoms with Crippen LogP contribution in [0.4, 0.5) is 5.82 Å². The number of hydrogen-bond acceptors (Lipinski definition) is 3. The monoisotopic (exact) mass is 329 g/mol. The van der Waals surface area contributed by atoms with Crippen molar-refractivity contribution < 1.29 is 4.79 Å². The van der Waals surface area contributed by atoms with Crippen molar-refractivity contribution in [3.63, 3.8) is 0 Å². The summed E-state index contributed by atoms with van der Waals surface area (Å²) < 4.78 is 0. The predicted molar refractivity (Wildman–Crippen MR) is 93.0 cm³/mol. The van der Waals surface area contributed by atoms with Gasteiger partial charge in [0.1, 0.15) is 5.82 Å². The van der Waals surface area contributed by atoms with Crippen LogP contribution in [0.3, 0.4) is 0 Å². The zero-order valence-corrected chi connectivity index (χ0v) is 13.9. The van der Waals surface area contributed by atoms with Crippen molar-refractivity contribution in [3.05, 3.63) is 58.7 Å². The maximum atomic E-state index is 12.4. The summed E-state index contributed by atoms with van der Waals surface area (Å²) in [6, 6.07) is 11.6. The van der Waals surface area contributed by atoms with Crippen LogP contribution in [0, 0.1) is 6.92 Å². The molecule has 1 aromatic carbocycles. The number of carbonyl (C=O) groups is 1. The standard InChI is InChI=1S/C18H20ClN3O/c1-13-7-10-20-17(16(13)19)21-15-8-11-22(12-9-15)18(23)14-5-3-2-4-6-14/h2-7,10,15H,8-9,11-12H2,1H3,(H,20,21). The van der Waals surface area contributed by atoms with Crippen LogP contribution in [0.5, 0.6) is 0 Å². The highest BCUT2D eigenvalue weighted by Crippen LogP contribution is 2.25. The molecular weight excluding hydrogens is 310 g/mol. The van der Waals surface area contributed by atoms with E-state index in [1.54, 1.807) is 6.20 Å². The number of pyridine rings is 1. The van der Waals surface area contributed by atoms with Gasteiger partial charge in [0.25, 0.3) is 5.91 Å². The lowest BCUT2D eigenvalue weighted by Crippen LogP contribution is -2.42. The zero-order valence-electron chi connectivity index (χ0n) is 13.1. The quantitative estimate of drug-likeness (QED) is 0.932. The molecule has 4 nitrogen and oxygen atoms in total. The summed E-state index contributed by atoms with van der Waals surface area (Å²) in [5, 5.41) is 4.08. The van der Waals surface area contributed by atoms with Crippen molar-refractivity contribution in [3.8, 4) is 0 Å². The largest absolute Gasteiger partial charge is 0.366 e. The average molecular weight is 330 g/mol. The van der Waals surface area contributed by atoms with Gasteiger partial charge in [-0.05, 0) is 43.5 Å². The second kappa shape index (κ2) is 7.01. The molecule has 1 amide bonds. The van der Waals surface area contributed by atoms with Gasteiger partial charge in [0, 0.05) is 30.9 Å². The van der Waals surface area contributed by atoms with Gasteiger partial charge in [0.05, 0.1) is 5.02 Å². The normalized spacial score (nSPS) is 15.5. The van der Waals surface area contributed by atoms with Crippen molar-refractivity contribution in [2.24, 2.45) is 0 Å². The molecule has 120 valence electrons. The van der Waals surface area contributed by atoms with E-state index in [2.05, 4.69) is 10.3 Å². The zero-order chi connectivity index (χ0) is 16.2. The topological polar surface area (TPSA) is 45.2 Å². The first-order chi connectivity index (χ1) is 11.1. The first-order valence-corrected chi connectivity index (χ1v) is 8.25. The molecule has 0 spiro atoms. The van der Waals surface area contributed by atoms with Crippen molar-refractivity contribution >= 4 is 23.3 Å². The average Bonchev–Trinajstić information content (AvgIpc) is 2.60. The second-order valence-corrected chi connectivity index (χ2v) is 6.25. The van der Waals surface area contributed by atoms with Gasteiger partial charge in [-0.2, -0.15) is 0 Å². The van der Waals surface area contributed by atoms with Gasteiger partial charge in [-0.3, -0.25) is 4.79 Å². The van der Waals surface area contributed by atoms with Crippen LogP contribution in [-0.4, -0.2) is 34.9 Å². The Morgan fingerprint density at radius 2 is 1.91 bits per heavy atom. The highest BCUT2D eigenvalue weighted by molar-refractivity contribution is 6.33. The van der Waals surface area contributed by atoms with Gasteiger partial charge in [-0.25, -0.2) is 4.98 Å². The van der Waals surface area contributed by atoms with E-state index in [4.69, 9.17) is 11.6 Å². The lowest BCUT2D eigenvalue weighted by Gasteiger charge is -2.33. The molecule has 1 aliphatic heterocycles. The first kappa shape index (κ1) is 15.8. The van der Waals surface area contributed by atoms with Crippen LogP contribution in [0.1, 0.15) is 28.8 Å². The van der Waals surface area contributed by atoms with Gasteiger partial charge in [0.15, 0.2) is 0 Å². The summed E-state index contributed by atoms with van der Waals surface area (Å²) in [4.78, 5) is 18.7. The molecule has 1 aromatic heterocycles. The third kappa shape index (κ3) is 3.64. The van der Waals surface area contributed by atoms with Gasteiger partial charge < -0.3 is 10.2 Å². The molecule has 2 heterocycles. The SMILES string of the molecule is Cc1ccnc(NC2CCN(C(=O)c3ccccc3)CC2)c1Cl. The van der Waals surface area contributed by atoms with Crippen LogP contribution in [0.25, 0.3) is 0 Å². The Hall–Kier alpha value is -2.07. The van der Waals surface area contributed by atoms with Gasteiger partial charge in [0.2, 0.25) is 0 Å². The van der Waals surface area contributed by atoms with Crippen LogP contribution < -0.4 is 5.32 Å². The van der Waals surface area contributed by atoms with Gasteiger partial charge in [-0.1, -0.05) is 29.8 Å². The van der Waals surface area contributed by atoms with E-state index in [9.17, 15) is 4.79 Å². The number of anilines is 1. The van der Waals surface area contributed by atoms with Crippen LogP contribution in [-0.2, 0) is 0 Å². The Morgan fingerprint density at radius 1 is 1.22 bits per heavy atom. The molecule has 0 atom stereocenters.